The van der Waals surface area contributed by atoms with Crippen molar-refractivity contribution in [2.24, 2.45) is 0 Å². The Morgan fingerprint density at radius 3 is 2.48 bits per heavy atom. The Bertz CT molecular complexity index is 610. The van der Waals surface area contributed by atoms with Gasteiger partial charge in [-0.05, 0) is 31.4 Å². The molecule has 0 spiro atoms. The molecule has 1 aliphatic carbocycles. The zero-order chi connectivity index (χ0) is 18.1. The molecule has 1 aromatic carbocycles. The van der Waals surface area contributed by atoms with Crippen LogP contribution in [0.5, 0.6) is 0 Å². The molecule has 2 rings (SSSR count). The average molecular weight is 345 g/mol. The molecule has 0 heterocycles. The summed E-state index contributed by atoms with van der Waals surface area (Å²) in [5, 5.41) is 8.13. The van der Waals surface area contributed by atoms with Crippen LogP contribution < -0.4 is 16.0 Å². The normalized spacial score (nSPS) is 14.1. The molecule has 136 valence electrons. The number of hydrogen-bond donors (Lipinski definition) is 3. The molecule has 0 aliphatic heterocycles. The van der Waals surface area contributed by atoms with Crippen molar-refractivity contribution in [2.45, 2.75) is 57.9 Å². The molecule has 1 saturated carbocycles. The van der Waals surface area contributed by atoms with Gasteiger partial charge in [0.25, 0.3) is 5.91 Å². The molecule has 3 N–H and O–H groups in total. The third-order valence-electron chi connectivity index (χ3n) is 4.38. The Morgan fingerprint density at radius 2 is 1.76 bits per heavy atom. The van der Waals surface area contributed by atoms with Crippen molar-refractivity contribution >= 4 is 23.4 Å². The minimum absolute atomic E-state index is 0.193. The van der Waals surface area contributed by atoms with Gasteiger partial charge in [0.05, 0.1) is 11.3 Å². The zero-order valence-corrected chi connectivity index (χ0v) is 14.8. The summed E-state index contributed by atoms with van der Waals surface area (Å²) in [4.78, 5) is 36.3. The standard InChI is InChI=1S/C19H27N3O3/c1-2-3-8-13-20-18(24)19(25)22-16-12-7-6-11-15(16)17(23)21-14-9-4-5-10-14/h6-7,11-12,14H,2-5,8-10,13H2,1H3,(H,20,24)(H,21,23)(H,22,25). The van der Waals surface area contributed by atoms with Gasteiger partial charge in [-0.1, -0.05) is 44.7 Å². The molecular weight excluding hydrogens is 318 g/mol. The monoisotopic (exact) mass is 345 g/mol. The van der Waals surface area contributed by atoms with E-state index in [2.05, 4.69) is 22.9 Å². The van der Waals surface area contributed by atoms with Gasteiger partial charge in [0, 0.05) is 12.6 Å². The summed E-state index contributed by atoms with van der Waals surface area (Å²) in [5.74, 6) is -1.65. The van der Waals surface area contributed by atoms with Gasteiger partial charge in [0.1, 0.15) is 0 Å². The highest BCUT2D eigenvalue weighted by Gasteiger charge is 2.21. The number of para-hydroxylation sites is 1. The van der Waals surface area contributed by atoms with Crippen LogP contribution in [-0.2, 0) is 9.59 Å². The van der Waals surface area contributed by atoms with Crippen molar-refractivity contribution in [3.8, 4) is 0 Å². The molecule has 1 fully saturated rings. The number of carbonyl (C=O) groups excluding carboxylic acids is 3. The maximum absolute atomic E-state index is 12.5. The minimum Gasteiger partial charge on any atom is -0.349 e. The van der Waals surface area contributed by atoms with E-state index in [4.69, 9.17) is 0 Å². The van der Waals surface area contributed by atoms with Crippen LogP contribution in [0.4, 0.5) is 5.69 Å². The number of benzene rings is 1. The quantitative estimate of drug-likeness (QED) is 0.524. The lowest BCUT2D eigenvalue weighted by Crippen LogP contribution is -2.37. The summed E-state index contributed by atoms with van der Waals surface area (Å²) in [6.07, 6.45) is 7.12. The molecule has 0 saturated heterocycles. The van der Waals surface area contributed by atoms with Crippen LogP contribution >= 0.6 is 0 Å². The maximum Gasteiger partial charge on any atom is 0.313 e. The summed E-state index contributed by atoms with van der Waals surface area (Å²) in [5.41, 5.74) is 0.730. The first-order valence-electron chi connectivity index (χ1n) is 9.11. The highest BCUT2D eigenvalue weighted by Crippen LogP contribution is 2.20. The molecule has 0 unspecified atom stereocenters. The molecular formula is C19H27N3O3. The van der Waals surface area contributed by atoms with Gasteiger partial charge in [-0.3, -0.25) is 14.4 Å². The second-order valence-corrected chi connectivity index (χ2v) is 6.42. The number of unbranched alkanes of at least 4 members (excludes halogenated alkanes) is 2. The Hall–Kier alpha value is -2.37. The summed E-state index contributed by atoms with van der Waals surface area (Å²) in [6.45, 7) is 2.55. The Morgan fingerprint density at radius 1 is 1.04 bits per heavy atom. The second-order valence-electron chi connectivity index (χ2n) is 6.42. The predicted molar refractivity (Wildman–Crippen MR) is 97.3 cm³/mol. The topological polar surface area (TPSA) is 87.3 Å². The molecule has 0 aromatic heterocycles. The first-order chi connectivity index (χ1) is 12.1. The van der Waals surface area contributed by atoms with E-state index in [1.807, 2.05) is 0 Å². The first-order valence-corrected chi connectivity index (χ1v) is 9.11. The van der Waals surface area contributed by atoms with Crippen molar-refractivity contribution in [1.82, 2.24) is 10.6 Å². The van der Waals surface area contributed by atoms with Crippen molar-refractivity contribution in [3.05, 3.63) is 29.8 Å². The largest absolute Gasteiger partial charge is 0.349 e. The fourth-order valence-electron chi connectivity index (χ4n) is 2.96. The minimum atomic E-state index is -0.752. The lowest BCUT2D eigenvalue weighted by molar-refractivity contribution is -0.136. The molecule has 0 bridgehead atoms. The highest BCUT2D eigenvalue weighted by atomic mass is 16.2. The zero-order valence-electron chi connectivity index (χ0n) is 14.8. The van der Waals surface area contributed by atoms with E-state index in [0.717, 1.165) is 44.9 Å². The third-order valence-corrected chi connectivity index (χ3v) is 4.38. The number of hydrogen-bond acceptors (Lipinski definition) is 3. The lowest BCUT2D eigenvalue weighted by atomic mass is 10.1. The summed E-state index contributed by atoms with van der Waals surface area (Å²) >= 11 is 0. The highest BCUT2D eigenvalue weighted by molar-refractivity contribution is 6.40. The van der Waals surface area contributed by atoms with Crippen molar-refractivity contribution < 1.29 is 14.4 Å². The van der Waals surface area contributed by atoms with E-state index in [0.29, 0.717) is 17.8 Å². The van der Waals surface area contributed by atoms with Gasteiger partial charge in [0.15, 0.2) is 0 Å². The number of carbonyl (C=O) groups is 3. The van der Waals surface area contributed by atoms with Gasteiger partial charge < -0.3 is 16.0 Å². The summed E-state index contributed by atoms with van der Waals surface area (Å²) < 4.78 is 0. The molecule has 3 amide bonds. The fraction of sp³-hybridized carbons (Fsp3) is 0.526. The van der Waals surface area contributed by atoms with Gasteiger partial charge in [0.2, 0.25) is 0 Å². The Kier molecular flexibility index (Phi) is 7.44. The van der Waals surface area contributed by atoms with Crippen LogP contribution in [0, 0.1) is 0 Å². The van der Waals surface area contributed by atoms with Crippen LogP contribution in [0.1, 0.15) is 62.2 Å². The first kappa shape index (κ1) is 19.0. The van der Waals surface area contributed by atoms with Crippen LogP contribution in [0.3, 0.4) is 0 Å². The van der Waals surface area contributed by atoms with E-state index in [1.165, 1.54) is 0 Å². The smallest absolute Gasteiger partial charge is 0.313 e. The summed E-state index contributed by atoms with van der Waals surface area (Å²) in [7, 11) is 0. The molecule has 6 nitrogen and oxygen atoms in total. The van der Waals surface area contributed by atoms with Crippen molar-refractivity contribution in [2.75, 3.05) is 11.9 Å². The number of amides is 3. The van der Waals surface area contributed by atoms with Gasteiger partial charge >= 0.3 is 11.8 Å². The van der Waals surface area contributed by atoms with Crippen LogP contribution in [0.25, 0.3) is 0 Å². The van der Waals surface area contributed by atoms with E-state index in [1.54, 1.807) is 24.3 Å². The fourth-order valence-corrected chi connectivity index (χ4v) is 2.96. The summed E-state index contributed by atoms with van der Waals surface area (Å²) in [6, 6.07) is 6.94. The van der Waals surface area contributed by atoms with Crippen LogP contribution in [0.2, 0.25) is 0 Å². The van der Waals surface area contributed by atoms with Crippen molar-refractivity contribution in [1.29, 1.82) is 0 Å². The number of anilines is 1. The molecule has 0 atom stereocenters. The Balaban J connectivity index is 1.93. The molecule has 6 heteroatoms. The number of nitrogens with one attached hydrogen (secondary N) is 3. The van der Waals surface area contributed by atoms with E-state index < -0.39 is 11.8 Å². The lowest BCUT2D eigenvalue weighted by Gasteiger charge is -2.15. The van der Waals surface area contributed by atoms with Crippen LogP contribution in [0.15, 0.2) is 24.3 Å². The Labute approximate surface area is 148 Å². The molecule has 0 radical (unpaired) electrons. The van der Waals surface area contributed by atoms with Gasteiger partial charge in [-0.2, -0.15) is 0 Å². The molecule has 1 aromatic rings. The third kappa shape index (κ3) is 5.89. The van der Waals surface area contributed by atoms with Crippen molar-refractivity contribution in [3.63, 3.8) is 0 Å². The molecule has 25 heavy (non-hydrogen) atoms. The molecule has 1 aliphatic rings. The van der Waals surface area contributed by atoms with Crippen LogP contribution in [-0.4, -0.2) is 30.3 Å². The van der Waals surface area contributed by atoms with E-state index in [9.17, 15) is 14.4 Å². The maximum atomic E-state index is 12.5. The average Bonchev–Trinajstić information content (AvgIpc) is 3.12. The number of rotatable bonds is 7. The van der Waals surface area contributed by atoms with Gasteiger partial charge in [-0.25, -0.2) is 0 Å². The second kappa shape index (κ2) is 9.81. The predicted octanol–water partition coefficient (Wildman–Crippen LogP) is 2.60. The van der Waals surface area contributed by atoms with E-state index >= 15 is 0 Å². The van der Waals surface area contributed by atoms with Gasteiger partial charge in [-0.15, -0.1) is 0 Å². The SMILES string of the molecule is CCCCCNC(=O)C(=O)Nc1ccccc1C(=O)NC1CCCC1. The van der Waals surface area contributed by atoms with E-state index in [-0.39, 0.29) is 11.9 Å².